The molecule has 5 nitrogen and oxygen atoms in total. The number of benzene rings is 2. The molecule has 0 N–H and O–H groups in total. The van der Waals surface area contributed by atoms with Crippen molar-refractivity contribution in [2.24, 2.45) is 0 Å². The molecule has 25 heavy (non-hydrogen) atoms. The highest BCUT2D eigenvalue weighted by Gasteiger charge is 2.10. The SMILES string of the molecule is COc1ccc2c(COC(=O)CSc3ccccc3)cc(=O)oc2c1. The minimum Gasteiger partial charge on any atom is -0.497 e. The van der Waals surface area contributed by atoms with Crippen LogP contribution < -0.4 is 10.4 Å². The number of fused-ring (bicyclic) bond motifs is 1. The Hall–Kier alpha value is -2.73. The van der Waals surface area contributed by atoms with Crippen LogP contribution in [0.15, 0.2) is 68.7 Å². The second-order valence-corrected chi connectivity index (χ2v) is 6.26. The summed E-state index contributed by atoms with van der Waals surface area (Å²) in [6, 6.07) is 16.1. The first-order valence-corrected chi connectivity index (χ1v) is 8.58. The lowest BCUT2D eigenvalue weighted by Crippen LogP contribution is -2.09. The molecule has 0 aliphatic heterocycles. The summed E-state index contributed by atoms with van der Waals surface area (Å²) >= 11 is 1.40. The Balaban J connectivity index is 1.68. The summed E-state index contributed by atoms with van der Waals surface area (Å²) in [7, 11) is 1.54. The number of methoxy groups -OCH3 is 1. The highest BCUT2D eigenvalue weighted by molar-refractivity contribution is 8.00. The van der Waals surface area contributed by atoms with E-state index in [-0.39, 0.29) is 18.3 Å². The zero-order valence-corrected chi connectivity index (χ0v) is 14.4. The highest BCUT2D eigenvalue weighted by atomic mass is 32.2. The van der Waals surface area contributed by atoms with E-state index in [1.165, 1.54) is 24.9 Å². The third-order valence-corrected chi connectivity index (χ3v) is 4.51. The molecule has 0 atom stereocenters. The standard InChI is InChI=1S/C19H16O5S/c1-22-14-7-8-16-13(9-18(20)24-17(16)10-14)11-23-19(21)12-25-15-5-3-2-4-6-15/h2-10H,11-12H2,1H3. The molecule has 1 aromatic heterocycles. The van der Waals surface area contributed by atoms with Crippen LogP contribution in [0.5, 0.6) is 5.75 Å². The van der Waals surface area contributed by atoms with Gasteiger partial charge in [0.2, 0.25) is 0 Å². The summed E-state index contributed by atoms with van der Waals surface area (Å²) in [5.74, 6) is 0.449. The van der Waals surface area contributed by atoms with Gasteiger partial charge in [-0.3, -0.25) is 4.79 Å². The molecule has 3 rings (SSSR count). The Bertz CT molecular complexity index is 933. The maximum atomic E-state index is 11.9. The van der Waals surface area contributed by atoms with E-state index in [0.29, 0.717) is 22.3 Å². The van der Waals surface area contributed by atoms with Crippen LogP contribution in [-0.2, 0) is 16.1 Å². The topological polar surface area (TPSA) is 65.7 Å². The van der Waals surface area contributed by atoms with E-state index in [4.69, 9.17) is 13.9 Å². The second-order valence-electron chi connectivity index (χ2n) is 5.22. The first-order chi connectivity index (χ1) is 12.2. The van der Waals surface area contributed by atoms with Gasteiger partial charge >= 0.3 is 11.6 Å². The maximum Gasteiger partial charge on any atom is 0.336 e. The van der Waals surface area contributed by atoms with Gasteiger partial charge in [-0.05, 0) is 24.3 Å². The smallest absolute Gasteiger partial charge is 0.336 e. The maximum absolute atomic E-state index is 11.9. The normalized spacial score (nSPS) is 10.6. The molecule has 128 valence electrons. The predicted molar refractivity (Wildman–Crippen MR) is 96.0 cm³/mol. The van der Waals surface area contributed by atoms with E-state index >= 15 is 0 Å². The van der Waals surface area contributed by atoms with E-state index in [9.17, 15) is 9.59 Å². The molecule has 0 saturated carbocycles. The van der Waals surface area contributed by atoms with E-state index in [2.05, 4.69) is 0 Å². The van der Waals surface area contributed by atoms with E-state index in [1.807, 2.05) is 30.3 Å². The Morgan fingerprint density at radius 1 is 1.12 bits per heavy atom. The van der Waals surface area contributed by atoms with Gasteiger partial charge in [-0.15, -0.1) is 11.8 Å². The van der Waals surface area contributed by atoms with Crippen molar-refractivity contribution in [3.63, 3.8) is 0 Å². The molecule has 3 aromatic rings. The minimum atomic E-state index is -0.495. The Morgan fingerprint density at radius 3 is 2.68 bits per heavy atom. The van der Waals surface area contributed by atoms with Crippen LogP contribution in [0.25, 0.3) is 11.0 Å². The third-order valence-electron chi connectivity index (χ3n) is 3.53. The van der Waals surface area contributed by atoms with Crippen LogP contribution in [0.4, 0.5) is 0 Å². The average Bonchev–Trinajstić information content (AvgIpc) is 2.64. The van der Waals surface area contributed by atoms with Crippen LogP contribution in [-0.4, -0.2) is 18.8 Å². The molecule has 0 unspecified atom stereocenters. The molecular formula is C19H16O5S. The zero-order chi connectivity index (χ0) is 17.6. The minimum absolute atomic E-state index is 0.0165. The van der Waals surface area contributed by atoms with Crippen LogP contribution >= 0.6 is 11.8 Å². The molecule has 1 heterocycles. The monoisotopic (exact) mass is 356 g/mol. The van der Waals surface area contributed by atoms with Gasteiger partial charge in [0, 0.05) is 28.0 Å². The van der Waals surface area contributed by atoms with Crippen LogP contribution in [0.1, 0.15) is 5.56 Å². The third kappa shape index (κ3) is 4.42. The van der Waals surface area contributed by atoms with Gasteiger partial charge in [-0.2, -0.15) is 0 Å². The highest BCUT2D eigenvalue weighted by Crippen LogP contribution is 2.23. The summed E-state index contributed by atoms with van der Waals surface area (Å²) in [6.45, 7) is 0.0165. The fourth-order valence-electron chi connectivity index (χ4n) is 2.32. The number of rotatable bonds is 6. The van der Waals surface area contributed by atoms with E-state index < -0.39 is 5.63 Å². The number of hydrogen-bond donors (Lipinski definition) is 0. The number of esters is 1. The summed E-state index contributed by atoms with van der Waals surface area (Å²) in [5.41, 5.74) is 0.508. The molecule has 0 aliphatic carbocycles. The van der Waals surface area contributed by atoms with Crippen molar-refractivity contribution in [1.82, 2.24) is 0 Å². The van der Waals surface area contributed by atoms with E-state index in [1.54, 1.807) is 18.2 Å². The average molecular weight is 356 g/mol. The first kappa shape index (κ1) is 17.1. The van der Waals surface area contributed by atoms with Crippen molar-refractivity contribution in [1.29, 1.82) is 0 Å². The number of thioether (sulfide) groups is 1. The van der Waals surface area contributed by atoms with Crippen molar-refractivity contribution in [2.75, 3.05) is 12.9 Å². The van der Waals surface area contributed by atoms with Crippen molar-refractivity contribution in [3.05, 3.63) is 70.6 Å². The first-order valence-electron chi connectivity index (χ1n) is 7.60. The molecule has 0 bridgehead atoms. The van der Waals surface area contributed by atoms with Crippen LogP contribution in [0.3, 0.4) is 0 Å². The number of hydrogen-bond acceptors (Lipinski definition) is 6. The second kappa shape index (κ2) is 7.90. The predicted octanol–water partition coefficient (Wildman–Crippen LogP) is 3.64. The van der Waals surface area contributed by atoms with Gasteiger partial charge < -0.3 is 13.9 Å². The number of ether oxygens (including phenoxy) is 2. The molecule has 0 aliphatic rings. The fraction of sp³-hybridized carbons (Fsp3) is 0.158. The van der Waals surface area contributed by atoms with Crippen LogP contribution in [0.2, 0.25) is 0 Å². The largest absolute Gasteiger partial charge is 0.497 e. The van der Waals surface area contributed by atoms with E-state index in [0.717, 1.165) is 4.90 Å². The summed E-state index contributed by atoms with van der Waals surface area (Å²) < 4.78 is 15.6. The van der Waals surface area contributed by atoms with Crippen molar-refractivity contribution in [2.45, 2.75) is 11.5 Å². The number of carbonyl (C=O) groups is 1. The molecule has 0 radical (unpaired) electrons. The van der Waals surface area contributed by atoms with Crippen LogP contribution in [0, 0.1) is 0 Å². The molecule has 0 spiro atoms. The Labute approximate surface area is 148 Å². The molecule has 0 fully saturated rings. The molecule has 0 amide bonds. The molecule has 6 heteroatoms. The fourth-order valence-corrected chi connectivity index (χ4v) is 3.03. The lowest BCUT2D eigenvalue weighted by molar-refractivity contribution is -0.141. The summed E-state index contributed by atoms with van der Waals surface area (Å²) in [4.78, 5) is 24.7. The lowest BCUT2D eigenvalue weighted by Gasteiger charge is -2.08. The van der Waals surface area contributed by atoms with Crippen molar-refractivity contribution >= 4 is 28.7 Å². The van der Waals surface area contributed by atoms with Gasteiger partial charge in [0.25, 0.3) is 0 Å². The van der Waals surface area contributed by atoms with Gasteiger partial charge in [0.1, 0.15) is 17.9 Å². The molecule has 2 aromatic carbocycles. The van der Waals surface area contributed by atoms with Crippen molar-refractivity contribution < 1.29 is 18.7 Å². The molecular weight excluding hydrogens is 340 g/mol. The van der Waals surface area contributed by atoms with Gasteiger partial charge in [-0.25, -0.2) is 4.79 Å². The van der Waals surface area contributed by atoms with Gasteiger partial charge in [0.15, 0.2) is 0 Å². The Kier molecular flexibility index (Phi) is 5.40. The number of carbonyl (C=O) groups excluding carboxylic acids is 1. The van der Waals surface area contributed by atoms with Gasteiger partial charge in [0.05, 0.1) is 12.9 Å². The Morgan fingerprint density at radius 2 is 1.92 bits per heavy atom. The molecule has 0 saturated heterocycles. The quantitative estimate of drug-likeness (QED) is 0.382. The van der Waals surface area contributed by atoms with Gasteiger partial charge in [-0.1, -0.05) is 18.2 Å². The summed E-state index contributed by atoms with van der Waals surface area (Å²) in [5, 5.41) is 0.712. The van der Waals surface area contributed by atoms with Crippen molar-refractivity contribution in [3.8, 4) is 5.75 Å². The lowest BCUT2D eigenvalue weighted by atomic mass is 10.1. The zero-order valence-electron chi connectivity index (χ0n) is 13.6. The summed E-state index contributed by atoms with van der Waals surface area (Å²) in [6.07, 6.45) is 0.